The quantitative estimate of drug-likeness (QED) is 0.456. The molecule has 0 unspecified atom stereocenters. The lowest BCUT2D eigenvalue weighted by molar-refractivity contribution is 0.0953. The Hall–Kier alpha value is -1.67. The van der Waals surface area contributed by atoms with Gasteiger partial charge in [0.25, 0.3) is 11.5 Å². The molecule has 0 fully saturated rings. The fourth-order valence-corrected chi connectivity index (χ4v) is 2.64. The number of nitrogens with zero attached hydrogens (tertiary/aromatic N) is 1. The Labute approximate surface area is 159 Å². The fourth-order valence-electron chi connectivity index (χ4n) is 2.29. The second-order valence-electron chi connectivity index (χ2n) is 5.21. The molecule has 0 bridgehead atoms. The van der Waals surface area contributed by atoms with Crippen molar-refractivity contribution in [3.63, 3.8) is 0 Å². The summed E-state index contributed by atoms with van der Waals surface area (Å²) in [4.78, 5) is 30.4. The van der Waals surface area contributed by atoms with Crippen molar-refractivity contribution in [3.05, 3.63) is 57.0 Å². The molecule has 2 rings (SSSR count). The van der Waals surface area contributed by atoms with E-state index in [1.165, 1.54) is 0 Å². The number of carbonyl (C=O) groups is 1. The van der Waals surface area contributed by atoms with Crippen molar-refractivity contribution in [2.45, 2.75) is 25.1 Å². The summed E-state index contributed by atoms with van der Waals surface area (Å²) in [5, 5.41) is 3.57. The monoisotopic (exact) mass is 458 g/mol. The largest absolute Gasteiger partial charge is 0.369 e. The summed E-state index contributed by atoms with van der Waals surface area (Å²) in [6, 6.07) is 7.44. The second kappa shape index (κ2) is 9.58. The van der Waals surface area contributed by atoms with Crippen molar-refractivity contribution in [2.24, 2.45) is 0 Å². The molecular formula is C16H20Br2N4O2. The molecule has 0 radical (unpaired) electrons. The molecule has 1 aromatic heterocycles. The first-order valence-electron chi connectivity index (χ1n) is 7.29. The number of nitrogen functional groups attached to an aromatic ring is 1. The molecule has 4 N–H and O–H groups in total. The SMILES string of the molecule is Br.Cc1nc(N)[nH]c(=O)c1CCCNC(=O)c1cccc(CBr)c1. The second-order valence-corrected chi connectivity index (χ2v) is 5.77. The normalized spacial score (nSPS) is 10.1. The summed E-state index contributed by atoms with van der Waals surface area (Å²) in [5.41, 5.74) is 8.18. The van der Waals surface area contributed by atoms with Crippen LogP contribution in [-0.2, 0) is 11.8 Å². The maximum atomic E-state index is 12.1. The van der Waals surface area contributed by atoms with E-state index in [0.29, 0.717) is 41.5 Å². The number of nitrogens with two attached hydrogens (primary N) is 1. The minimum atomic E-state index is -0.216. The van der Waals surface area contributed by atoms with Crippen molar-refractivity contribution in [2.75, 3.05) is 12.3 Å². The van der Waals surface area contributed by atoms with Crippen LogP contribution in [0.3, 0.4) is 0 Å². The predicted octanol–water partition coefficient (Wildman–Crippen LogP) is 2.50. The molecule has 0 aliphatic rings. The van der Waals surface area contributed by atoms with Crippen LogP contribution in [0, 0.1) is 6.92 Å². The van der Waals surface area contributed by atoms with Crippen LogP contribution in [0.25, 0.3) is 0 Å². The molecule has 1 aromatic carbocycles. The zero-order chi connectivity index (χ0) is 16.8. The van der Waals surface area contributed by atoms with Gasteiger partial charge in [0.15, 0.2) is 0 Å². The van der Waals surface area contributed by atoms with E-state index in [-0.39, 0.29) is 34.4 Å². The molecule has 24 heavy (non-hydrogen) atoms. The first-order chi connectivity index (χ1) is 11.0. The van der Waals surface area contributed by atoms with Crippen LogP contribution < -0.4 is 16.6 Å². The highest BCUT2D eigenvalue weighted by molar-refractivity contribution is 9.08. The number of nitrogens with one attached hydrogen (secondary N) is 2. The van der Waals surface area contributed by atoms with E-state index in [1.54, 1.807) is 13.0 Å². The summed E-state index contributed by atoms with van der Waals surface area (Å²) < 4.78 is 0. The van der Waals surface area contributed by atoms with Gasteiger partial charge in [-0.05, 0) is 37.5 Å². The Kier molecular flexibility index (Phi) is 8.14. The number of aromatic nitrogens is 2. The number of amides is 1. The summed E-state index contributed by atoms with van der Waals surface area (Å²) >= 11 is 3.37. The number of benzene rings is 1. The summed E-state index contributed by atoms with van der Waals surface area (Å²) in [6.45, 7) is 2.24. The average Bonchev–Trinajstić information content (AvgIpc) is 2.53. The molecule has 1 heterocycles. The van der Waals surface area contributed by atoms with Crippen LogP contribution in [0.4, 0.5) is 5.95 Å². The molecule has 0 saturated heterocycles. The van der Waals surface area contributed by atoms with Crippen LogP contribution in [0.5, 0.6) is 0 Å². The Morgan fingerprint density at radius 3 is 2.83 bits per heavy atom. The van der Waals surface area contributed by atoms with Gasteiger partial charge in [-0.15, -0.1) is 17.0 Å². The number of aryl methyl sites for hydroxylation is 1. The highest BCUT2D eigenvalue weighted by atomic mass is 79.9. The van der Waals surface area contributed by atoms with Crippen molar-refractivity contribution in [1.82, 2.24) is 15.3 Å². The standard InChI is InChI=1S/C16H19BrN4O2.BrH/c1-10-13(15(23)21-16(18)20-10)6-3-7-19-14(22)12-5-2-4-11(8-12)9-17;/h2,4-5,8H,3,6-7,9H2,1H3,(H,19,22)(H3,18,20,21,23);1H. The van der Waals surface area contributed by atoms with Gasteiger partial charge in [-0.1, -0.05) is 28.1 Å². The third-order valence-corrected chi connectivity index (χ3v) is 4.12. The molecule has 130 valence electrons. The number of alkyl halides is 1. The number of aromatic amines is 1. The Bertz CT molecular complexity index is 762. The number of rotatable bonds is 6. The molecule has 0 atom stereocenters. The average molecular weight is 460 g/mol. The number of halogens is 2. The van der Waals surface area contributed by atoms with Gasteiger partial charge in [-0.3, -0.25) is 14.6 Å². The van der Waals surface area contributed by atoms with Crippen molar-refractivity contribution >= 4 is 44.8 Å². The molecular weight excluding hydrogens is 440 g/mol. The van der Waals surface area contributed by atoms with Crippen LogP contribution >= 0.6 is 32.9 Å². The Morgan fingerprint density at radius 2 is 2.17 bits per heavy atom. The first-order valence-corrected chi connectivity index (χ1v) is 8.41. The fraction of sp³-hybridized carbons (Fsp3) is 0.312. The summed E-state index contributed by atoms with van der Waals surface area (Å²) in [5.74, 6) is 0.00471. The lowest BCUT2D eigenvalue weighted by atomic mass is 10.1. The van der Waals surface area contributed by atoms with Gasteiger partial charge in [0.2, 0.25) is 5.95 Å². The maximum Gasteiger partial charge on any atom is 0.255 e. The van der Waals surface area contributed by atoms with Crippen LogP contribution in [-0.4, -0.2) is 22.4 Å². The van der Waals surface area contributed by atoms with E-state index >= 15 is 0 Å². The van der Waals surface area contributed by atoms with Gasteiger partial charge in [0, 0.05) is 28.7 Å². The summed E-state index contributed by atoms with van der Waals surface area (Å²) in [7, 11) is 0. The smallest absolute Gasteiger partial charge is 0.255 e. The molecule has 0 saturated carbocycles. The van der Waals surface area contributed by atoms with Crippen molar-refractivity contribution in [1.29, 1.82) is 0 Å². The molecule has 8 heteroatoms. The van der Waals surface area contributed by atoms with Gasteiger partial charge in [0.1, 0.15) is 0 Å². The highest BCUT2D eigenvalue weighted by Gasteiger charge is 2.08. The van der Waals surface area contributed by atoms with E-state index in [4.69, 9.17) is 5.73 Å². The minimum Gasteiger partial charge on any atom is -0.369 e. The molecule has 0 aliphatic carbocycles. The number of hydrogen-bond donors (Lipinski definition) is 3. The minimum absolute atomic E-state index is 0. The number of anilines is 1. The van der Waals surface area contributed by atoms with Gasteiger partial charge >= 0.3 is 0 Å². The number of carbonyl (C=O) groups excluding carboxylic acids is 1. The predicted molar refractivity (Wildman–Crippen MR) is 104 cm³/mol. The number of hydrogen-bond acceptors (Lipinski definition) is 4. The van der Waals surface area contributed by atoms with E-state index in [0.717, 1.165) is 5.56 Å². The van der Waals surface area contributed by atoms with E-state index < -0.39 is 0 Å². The van der Waals surface area contributed by atoms with Crippen LogP contribution in [0.1, 0.15) is 33.6 Å². The van der Waals surface area contributed by atoms with E-state index in [2.05, 4.69) is 31.2 Å². The zero-order valence-corrected chi connectivity index (χ0v) is 16.6. The third kappa shape index (κ3) is 5.45. The molecule has 1 amide bonds. The molecule has 0 aliphatic heterocycles. The van der Waals surface area contributed by atoms with Gasteiger partial charge in [0.05, 0.1) is 0 Å². The topological polar surface area (TPSA) is 101 Å². The van der Waals surface area contributed by atoms with Gasteiger partial charge in [-0.2, -0.15) is 0 Å². The molecule has 6 nitrogen and oxygen atoms in total. The Morgan fingerprint density at radius 1 is 1.42 bits per heavy atom. The summed E-state index contributed by atoms with van der Waals surface area (Å²) in [6.07, 6.45) is 1.19. The Balaban J connectivity index is 0.00000288. The molecule has 2 aromatic rings. The lowest BCUT2D eigenvalue weighted by Crippen LogP contribution is -2.26. The maximum absolute atomic E-state index is 12.1. The van der Waals surface area contributed by atoms with Crippen LogP contribution in [0.2, 0.25) is 0 Å². The third-order valence-electron chi connectivity index (χ3n) is 3.47. The lowest BCUT2D eigenvalue weighted by Gasteiger charge is -2.07. The van der Waals surface area contributed by atoms with Crippen molar-refractivity contribution < 1.29 is 4.79 Å². The zero-order valence-electron chi connectivity index (χ0n) is 13.3. The molecule has 0 spiro atoms. The van der Waals surface area contributed by atoms with Crippen LogP contribution in [0.15, 0.2) is 29.1 Å². The van der Waals surface area contributed by atoms with E-state index in [9.17, 15) is 9.59 Å². The van der Waals surface area contributed by atoms with Gasteiger partial charge in [-0.25, -0.2) is 4.98 Å². The first kappa shape index (κ1) is 20.4. The highest BCUT2D eigenvalue weighted by Crippen LogP contribution is 2.09. The van der Waals surface area contributed by atoms with Crippen molar-refractivity contribution in [3.8, 4) is 0 Å². The van der Waals surface area contributed by atoms with Gasteiger partial charge < -0.3 is 11.1 Å². The van der Waals surface area contributed by atoms with E-state index in [1.807, 2.05) is 18.2 Å². The number of H-pyrrole nitrogens is 1.